The number of benzene rings is 4. The van der Waals surface area contributed by atoms with E-state index in [0.29, 0.717) is 18.9 Å². The van der Waals surface area contributed by atoms with Crippen molar-refractivity contribution in [3.63, 3.8) is 0 Å². The molecule has 42 heavy (non-hydrogen) atoms. The second-order valence-corrected chi connectivity index (χ2v) is 10.6. The zero-order valence-corrected chi connectivity index (χ0v) is 24.1. The second kappa shape index (κ2) is 10.7. The first-order valence-corrected chi connectivity index (χ1v) is 14.4. The fraction of sp³-hybridized carbons (Fsp3) is 0.200. The van der Waals surface area contributed by atoms with Crippen LogP contribution in [0.4, 0.5) is 17.2 Å². The van der Waals surface area contributed by atoms with Gasteiger partial charge in [0.25, 0.3) is 0 Å². The molecule has 1 atom stereocenters. The standard InChI is InChI=1S/C35H33N5O2/c1-4-21-42-30-20-19-26(22-31(30)41-3)33-32-24(2)37-40(27-15-9-6-10-16-27)34(32)36-35-38(23-25-13-7-5-8-14-25)28-17-11-12-18-29(28)39(33)35/h5-20,22,33H,4,21,23H2,1-3H3. The maximum Gasteiger partial charge on any atom is 0.213 e. The van der Waals surface area contributed by atoms with Gasteiger partial charge in [0, 0.05) is 5.56 Å². The average Bonchev–Trinajstić information content (AvgIpc) is 3.54. The zero-order chi connectivity index (χ0) is 28.6. The number of nitrogens with zero attached hydrogens (tertiary/aromatic N) is 5. The SMILES string of the molecule is CCCOc1ccc(C2c3c(C)nn(-c4ccccc4)c3N=C3N(Cc4ccccc4)c4ccccc4N32)cc1OC. The van der Waals surface area contributed by atoms with Crippen molar-refractivity contribution in [3.05, 3.63) is 126 Å². The summed E-state index contributed by atoms with van der Waals surface area (Å²) in [6, 6.07) is 35.4. The van der Waals surface area contributed by atoms with Gasteiger partial charge < -0.3 is 14.4 Å². The van der Waals surface area contributed by atoms with Gasteiger partial charge in [-0.15, -0.1) is 0 Å². The summed E-state index contributed by atoms with van der Waals surface area (Å²) in [5.41, 5.74) is 7.52. The van der Waals surface area contributed by atoms with Gasteiger partial charge in [0.05, 0.1) is 49.1 Å². The second-order valence-electron chi connectivity index (χ2n) is 10.6. The number of aromatic nitrogens is 2. The summed E-state index contributed by atoms with van der Waals surface area (Å²) in [6.07, 6.45) is 0.927. The summed E-state index contributed by atoms with van der Waals surface area (Å²) in [5, 5.41) is 5.04. The van der Waals surface area contributed by atoms with E-state index in [2.05, 4.69) is 103 Å². The molecule has 2 aliphatic heterocycles. The molecular formula is C35H33N5O2. The molecule has 1 unspecified atom stereocenters. The Balaban J connectivity index is 1.45. The molecule has 0 saturated heterocycles. The number of aliphatic imine (C=N–C) groups is 1. The topological polar surface area (TPSA) is 55.1 Å². The Morgan fingerprint density at radius 3 is 2.26 bits per heavy atom. The van der Waals surface area contributed by atoms with E-state index in [4.69, 9.17) is 19.6 Å². The Labute approximate surface area is 246 Å². The Bertz CT molecular complexity index is 1760. The molecular weight excluding hydrogens is 522 g/mol. The lowest BCUT2D eigenvalue weighted by molar-refractivity contribution is 0.294. The third-order valence-corrected chi connectivity index (χ3v) is 7.86. The normalized spacial score (nSPS) is 15.1. The lowest BCUT2D eigenvalue weighted by atomic mass is 9.95. The highest BCUT2D eigenvalue weighted by Crippen LogP contribution is 2.51. The van der Waals surface area contributed by atoms with Crippen LogP contribution in [0.15, 0.2) is 108 Å². The minimum atomic E-state index is -0.180. The highest BCUT2D eigenvalue weighted by atomic mass is 16.5. The number of methoxy groups -OCH3 is 1. The summed E-state index contributed by atoms with van der Waals surface area (Å²) >= 11 is 0. The number of hydrogen-bond acceptors (Lipinski definition) is 6. The molecule has 7 rings (SSSR count). The van der Waals surface area contributed by atoms with Crippen LogP contribution in [0, 0.1) is 6.92 Å². The molecule has 0 amide bonds. The first kappa shape index (κ1) is 25.9. The predicted molar refractivity (Wildman–Crippen MR) is 168 cm³/mol. The molecule has 3 heterocycles. The molecule has 1 aromatic heterocycles. The molecule has 0 spiro atoms. The molecule has 0 bridgehead atoms. The molecule has 4 aromatic carbocycles. The number of para-hydroxylation sites is 3. The third kappa shape index (κ3) is 4.29. The Morgan fingerprint density at radius 2 is 1.52 bits per heavy atom. The van der Waals surface area contributed by atoms with E-state index in [1.807, 2.05) is 28.9 Å². The molecule has 0 saturated carbocycles. The predicted octanol–water partition coefficient (Wildman–Crippen LogP) is 7.60. The van der Waals surface area contributed by atoms with Gasteiger partial charge in [-0.05, 0) is 60.9 Å². The van der Waals surface area contributed by atoms with E-state index in [9.17, 15) is 0 Å². The van der Waals surface area contributed by atoms with Crippen LogP contribution in [-0.2, 0) is 6.54 Å². The summed E-state index contributed by atoms with van der Waals surface area (Å²) < 4.78 is 13.8. The molecule has 7 nitrogen and oxygen atoms in total. The zero-order valence-electron chi connectivity index (χ0n) is 24.1. The third-order valence-electron chi connectivity index (χ3n) is 7.86. The van der Waals surface area contributed by atoms with Crippen LogP contribution in [0.2, 0.25) is 0 Å². The number of anilines is 2. The van der Waals surface area contributed by atoms with Crippen molar-refractivity contribution in [2.45, 2.75) is 32.9 Å². The number of ether oxygens (including phenoxy) is 2. The summed E-state index contributed by atoms with van der Waals surface area (Å²) in [7, 11) is 1.70. The molecule has 2 aliphatic rings. The molecule has 0 aliphatic carbocycles. The van der Waals surface area contributed by atoms with E-state index < -0.39 is 0 Å². The van der Waals surface area contributed by atoms with Crippen molar-refractivity contribution in [3.8, 4) is 17.2 Å². The number of hydrogen-bond donors (Lipinski definition) is 0. The van der Waals surface area contributed by atoms with Gasteiger partial charge in [-0.2, -0.15) is 10.1 Å². The highest BCUT2D eigenvalue weighted by Gasteiger charge is 2.44. The highest BCUT2D eigenvalue weighted by molar-refractivity contribution is 6.18. The van der Waals surface area contributed by atoms with Crippen molar-refractivity contribution in [2.24, 2.45) is 4.99 Å². The van der Waals surface area contributed by atoms with E-state index in [0.717, 1.165) is 57.8 Å². The Hall–Kier alpha value is -5.04. The van der Waals surface area contributed by atoms with Crippen molar-refractivity contribution < 1.29 is 9.47 Å². The molecule has 0 fully saturated rings. The molecule has 0 N–H and O–H groups in total. The maximum atomic E-state index is 6.01. The monoisotopic (exact) mass is 555 g/mol. The van der Waals surface area contributed by atoms with E-state index in [1.165, 1.54) is 5.56 Å². The molecule has 5 aromatic rings. The smallest absolute Gasteiger partial charge is 0.213 e. The van der Waals surface area contributed by atoms with E-state index in [-0.39, 0.29) is 6.04 Å². The van der Waals surface area contributed by atoms with Crippen molar-refractivity contribution in [2.75, 3.05) is 23.5 Å². The van der Waals surface area contributed by atoms with Gasteiger partial charge >= 0.3 is 0 Å². The number of rotatable bonds is 8. The van der Waals surface area contributed by atoms with Crippen LogP contribution >= 0.6 is 0 Å². The molecule has 7 heteroatoms. The van der Waals surface area contributed by atoms with Crippen LogP contribution in [-0.4, -0.2) is 29.5 Å². The number of aryl methyl sites for hydroxylation is 1. The van der Waals surface area contributed by atoms with Gasteiger partial charge in [-0.3, -0.25) is 4.90 Å². The lowest BCUT2D eigenvalue weighted by Crippen LogP contribution is -2.42. The minimum Gasteiger partial charge on any atom is -0.493 e. The lowest BCUT2D eigenvalue weighted by Gasteiger charge is -2.35. The number of guanidine groups is 1. The van der Waals surface area contributed by atoms with E-state index >= 15 is 0 Å². The Kier molecular flexibility index (Phi) is 6.62. The van der Waals surface area contributed by atoms with Crippen LogP contribution < -0.4 is 19.3 Å². The van der Waals surface area contributed by atoms with Gasteiger partial charge in [-0.25, -0.2) is 4.68 Å². The van der Waals surface area contributed by atoms with Crippen LogP contribution in [0.1, 0.15) is 41.8 Å². The van der Waals surface area contributed by atoms with Crippen LogP contribution in [0.25, 0.3) is 5.69 Å². The van der Waals surface area contributed by atoms with Crippen molar-refractivity contribution in [1.82, 2.24) is 9.78 Å². The first-order chi connectivity index (χ1) is 20.7. The Morgan fingerprint density at radius 1 is 0.810 bits per heavy atom. The molecule has 210 valence electrons. The van der Waals surface area contributed by atoms with Crippen molar-refractivity contribution >= 4 is 23.2 Å². The first-order valence-electron chi connectivity index (χ1n) is 14.4. The molecule has 0 radical (unpaired) electrons. The fourth-order valence-corrected chi connectivity index (χ4v) is 5.96. The largest absolute Gasteiger partial charge is 0.493 e. The number of fused-ring (bicyclic) bond motifs is 4. The summed E-state index contributed by atoms with van der Waals surface area (Å²) in [4.78, 5) is 10.1. The summed E-state index contributed by atoms with van der Waals surface area (Å²) in [5.74, 6) is 3.18. The fourth-order valence-electron chi connectivity index (χ4n) is 5.96. The minimum absolute atomic E-state index is 0.180. The van der Waals surface area contributed by atoms with Gasteiger partial charge in [0.15, 0.2) is 17.3 Å². The van der Waals surface area contributed by atoms with Gasteiger partial charge in [-0.1, -0.05) is 73.7 Å². The average molecular weight is 556 g/mol. The van der Waals surface area contributed by atoms with Gasteiger partial charge in [0.2, 0.25) is 5.96 Å². The summed E-state index contributed by atoms with van der Waals surface area (Å²) in [6.45, 7) is 5.51. The van der Waals surface area contributed by atoms with E-state index in [1.54, 1.807) is 7.11 Å². The van der Waals surface area contributed by atoms with Crippen molar-refractivity contribution in [1.29, 1.82) is 0 Å². The van der Waals surface area contributed by atoms with Crippen LogP contribution in [0.5, 0.6) is 11.5 Å². The van der Waals surface area contributed by atoms with Gasteiger partial charge in [0.1, 0.15) is 0 Å². The maximum absolute atomic E-state index is 6.01. The van der Waals surface area contributed by atoms with Crippen LogP contribution in [0.3, 0.4) is 0 Å². The quantitative estimate of drug-likeness (QED) is 0.197.